The van der Waals surface area contributed by atoms with E-state index in [4.69, 9.17) is 0 Å². The maximum Gasteiger partial charge on any atom is 0.191 e. The van der Waals surface area contributed by atoms with E-state index in [9.17, 15) is 8.42 Å². The number of piperazine rings is 1. The molecule has 1 fully saturated rings. The topological polar surface area (TPSA) is 89.9 Å². The van der Waals surface area contributed by atoms with E-state index in [0.29, 0.717) is 18.9 Å². The minimum Gasteiger partial charge on any atom is -0.357 e. The van der Waals surface area contributed by atoms with Crippen molar-refractivity contribution < 1.29 is 8.42 Å². The van der Waals surface area contributed by atoms with Gasteiger partial charge in [-0.1, -0.05) is 6.92 Å². The summed E-state index contributed by atoms with van der Waals surface area (Å²) in [7, 11) is -2.96. The first kappa shape index (κ1) is 23.4. The first-order valence-corrected chi connectivity index (χ1v) is 12.5. The molecule has 0 amide bonds. The Kier molecular flexibility index (Phi) is 9.16. The largest absolute Gasteiger partial charge is 0.357 e. The van der Waals surface area contributed by atoms with Gasteiger partial charge in [-0.3, -0.25) is 0 Å². The number of nitrogens with one attached hydrogen (secondary N) is 2. The van der Waals surface area contributed by atoms with Crippen LogP contribution in [0.15, 0.2) is 23.3 Å². The summed E-state index contributed by atoms with van der Waals surface area (Å²) in [5.41, 5.74) is 1.11. The second kappa shape index (κ2) is 11.3. The third kappa shape index (κ3) is 8.57. The third-order valence-corrected chi connectivity index (χ3v) is 6.00. The number of likely N-dealkylation sites (N-methyl/N-ethyl adjacent to an activating group) is 1. The zero-order valence-electron chi connectivity index (χ0n) is 18.2. The third-order valence-electron chi connectivity index (χ3n) is 5.02. The summed E-state index contributed by atoms with van der Waals surface area (Å²) >= 11 is 0. The zero-order valence-corrected chi connectivity index (χ0v) is 19.0. The molecule has 1 aromatic rings. The molecule has 1 aliphatic heterocycles. The highest BCUT2D eigenvalue weighted by atomic mass is 32.2. The van der Waals surface area contributed by atoms with Gasteiger partial charge in [-0.25, -0.2) is 18.4 Å². The van der Waals surface area contributed by atoms with Crippen LogP contribution in [0.3, 0.4) is 0 Å². The Hall–Kier alpha value is -1.87. The lowest BCUT2D eigenvalue weighted by Crippen LogP contribution is -2.46. The molecule has 1 aromatic heterocycles. The van der Waals surface area contributed by atoms with E-state index in [0.717, 1.165) is 50.6 Å². The monoisotopic (exact) mass is 424 g/mol. The van der Waals surface area contributed by atoms with E-state index in [2.05, 4.69) is 43.4 Å². The highest BCUT2D eigenvalue weighted by Crippen LogP contribution is 2.15. The molecule has 1 aliphatic rings. The standard InChI is InChI=1S/C20H36N6O2S/c1-5-21-20(24-17(3)8-14-29(4,27)28)23-16-18-7-9-22-19(15-18)26-12-10-25(6-2)11-13-26/h7,9,15,17H,5-6,8,10-14,16H2,1-4H3,(H2,21,23,24). The molecule has 2 N–H and O–H groups in total. The van der Waals surface area contributed by atoms with Gasteiger partial charge in [0.05, 0.1) is 12.3 Å². The van der Waals surface area contributed by atoms with E-state index in [1.807, 2.05) is 26.1 Å². The molecule has 1 saturated heterocycles. The molecule has 1 atom stereocenters. The molecule has 0 radical (unpaired) electrons. The van der Waals surface area contributed by atoms with Crippen molar-refractivity contribution in [1.82, 2.24) is 20.5 Å². The number of guanidine groups is 1. The predicted molar refractivity (Wildman–Crippen MR) is 120 cm³/mol. The van der Waals surface area contributed by atoms with Gasteiger partial charge in [0.15, 0.2) is 5.96 Å². The van der Waals surface area contributed by atoms with E-state index in [1.165, 1.54) is 6.26 Å². The minimum atomic E-state index is -2.96. The van der Waals surface area contributed by atoms with Crippen molar-refractivity contribution in [1.29, 1.82) is 0 Å². The van der Waals surface area contributed by atoms with Gasteiger partial charge < -0.3 is 20.4 Å². The lowest BCUT2D eigenvalue weighted by atomic mass is 10.2. The first-order chi connectivity index (χ1) is 13.8. The number of pyridine rings is 1. The van der Waals surface area contributed by atoms with Gasteiger partial charge in [0, 0.05) is 51.2 Å². The summed E-state index contributed by atoms with van der Waals surface area (Å²) < 4.78 is 22.7. The maximum absolute atomic E-state index is 11.4. The number of nitrogens with zero attached hydrogens (tertiary/aromatic N) is 4. The van der Waals surface area contributed by atoms with Gasteiger partial charge in [-0.2, -0.15) is 0 Å². The van der Waals surface area contributed by atoms with Crippen molar-refractivity contribution in [3.8, 4) is 0 Å². The minimum absolute atomic E-state index is 0.0189. The van der Waals surface area contributed by atoms with Crippen LogP contribution in [0, 0.1) is 0 Å². The molecule has 2 heterocycles. The molecule has 1 unspecified atom stereocenters. The quantitative estimate of drug-likeness (QED) is 0.453. The van der Waals surface area contributed by atoms with Crippen LogP contribution >= 0.6 is 0 Å². The number of aliphatic imine (C=N–C) groups is 1. The Morgan fingerprint density at radius 2 is 2.00 bits per heavy atom. The van der Waals surface area contributed by atoms with Crippen molar-refractivity contribution in [3.05, 3.63) is 23.9 Å². The molecule has 0 spiro atoms. The molecule has 0 aromatic carbocycles. The van der Waals surface area contributed by atoms with Crippen molar-refractivity contribution in [2.75, 3.05) is 56.2 Å². The molecule has 9 heteroatoms. The Morgan fingerprint density at radius 3 is 2.62 bits per heavy atom. The van der Waals surface area contributed by atoms with Crippen molar-refractivity contribution in [2.45, 2.75) is 39.8 Å². The van der Waals surface area contributed by atoms with E-state index >= 15 is 0 Å². The van der Waals surface area contributed by atoms with Crippen LogP contribution in [0.4, 0.5) is 5.82 Å². The predicted octanol–water partition coefficient (Wildman–Crippen LogP) is 1.10. The summed E-state index contributed by atoms with van der Waals surface area (Å²) in [5, 5.41) is 6.52. The van der Waals surface area contributed by atoms with Crippen LogP contribution < -0.4 is 15.5 Å². The molecule has 2 rings (SSSR count). The zero-order chi connectivity index (χ0) is 21.3. The molecule has 8 nitrogen and oxygen atoms in total. The number of anilines is 1. The summed E-state index contributed by atoms with van der Waals surface area (Å²) in [4.78, 5) is 14.0. The highest BCUT2D eigenvalue weighted by molar-refractivity contribution is 7.90. The summed E-state index contributed by atoms with van der Waals surface area (Å²) in [6.45, 7) is 12.7. The highest BCUT2D eigenvalue weighted by Gasteiger charge is 2.17. The average Bonchev–Trinajstić information content (AvgIpc) is 2.70. The van der Waals surface area contributed by atoms with Crippen LogP contribution in [0.5, 0.6) is 0 Å². The van der Waals surface area contributed by atoms with Crippen LogP contribution in [-0.4, -0.2) is 81.6 Å². The fourth-order valence-corrected chi connectivity index (χ4v) is 3.99. The van der Waals surface area contributed by atoms with Crippen molar-refractivity contribution in [2.24, 2.45) is 4.99 Å². The first-order valence-electron chi connectivity index (χ1n) is 10.5. The average molecular weight is 425 g/mol. The van der Waals surface area contributed by atoms with Crippen molar-refractivity contribution >= 4 is 21.6 Å². The summed E-state index contributed by atoms with van der Waals surface area (Å²) in [6.07, 6.45) is 3.66. The molecule has 0 aliphatic carbocycles. The Bertz CT molecular complexity index is 760. The number of hydrogen-bond acceptors (Lipinski definition) is 6. The number of sulfone groups is 1. The number of aromatic nitrogens is 1. The van der Waals surface area contributed by atoms with Gasteiger partial charge in [0.25, 0.3) is 0 Å². The molecule has 164 valence electrons. The maximum atomic E-state index is 11.4. The fraction of sp³-hybridized carbons (Fsp3) is 0.700. The van der Waals surface area contributed by atoms with Gasteiger partial charge >= 0.3 is 0 Å². The molecule has 0 bridgehead atoms. The van der Waals surface area contributed by atoms with Gasteiger partial charge in [0.1, 0.15) is 15.7 Å². The van der Waals surface area contributed by atoms with E-state index in [1.54, 1.807) is 0 Å². The second-order valence-electron chi connectivity index (χ2n) is 7.60. The Balaban J connectivity index is 1.96. The molecule has 29 heavy (non-hydrogen) atoms. The summed E-state index contributed by atoms with van der Waals surface area (Å²) in [6, 6.07) is 4.12. The van der Waals surface area contributed by atoms with Gasteiger partial charge in [-0.15, -0.1) is 0 Å². The van der Waals surface area contributed by atoms with Crippen LogP contribution in [-0.2, 0) is 16.4 Å². The molecular formula is C20H36N6O2S. The van der Waals surface area contributed by atoms with E-state index in [-0.39, 0.29) is 11.8 Å². The van der Waals surface area contributed by atoms with Gasteiger partial charge in [0.2, 0.25) is 0 Å². The van der Waals surface area contributed by atoms with Crippen molar-refractivity contribution in [3.63, 3.8) is 0 Å². The fourth-order valence-electron chi connectivity index (χ4n) is 3.21. The SMILES string of the molecule is CCNC(=NCc1ccnc(N2CCN(CC)CC2)c1)NC(C)CCS(C)(=O)=O. The number of rotatable bonds is 9. The molecule has 0 saturated carbocycles. The lowest BCUT2D eigenvalue weighted by Gasteiger charge is -2.34. The van der Waals surface area contributed by atoms with Gasteiger partial charge in [-0.05, 0) is 44.5 Å². The van der Waals surface area contributed by atoms with Crippen LogP contribution in [0.25, 0.3) is 0 Å². The molecular weight excluding hydrogens is 388 g/mol. The van der Waals surface area contributed by atoms with E-state index < -0.39 is 9.84 Å². The lowest BCUT2D eigenvalue weighted by molar-refractivity contribution is 0.270. The summed E-state index contributed by atoms with van der Waals surface area (Å²) in [5.74, 6) is 1.87. The second-order valence-corrected chi connectivity index (χ2v) is 9.86. The smallest absolute Gasteiger partial charge is 0.191 e. The Labute approximate surface area is 175 Å². The van der Waals surface area contributed by atoms with Crippen LogP contribution in [0.1, 0.15) is 32.8 Å². The normalized spacial score (nSPS) is 17.2. The Morgan fingerprint density at radius 1 is 1.28 bits per heavy atom. The van der Waals surface area contributed by atoms with Crippen LogP contribution in [0.2, 0.25) is 0 Å². The number of hydrogen-bond donors (Lipinski definition) is 2.